The maximum absolute atomic E-state index is 14.2. The van der Waals surface area contributed by atoms with Gasteiger partial charge < -0.3 is 4.74 Å². The van der Waals surface area contributed by atoms with Gasteiger partial charge in [-0.15, -0.1) is 6.42 Å². The number of ether oxygens (including phenoxy) is 1. The summed E-state index contributed by atoms with van der Waals surface area (Å²) >= 11 is 0. The molecule has 1 nitrogen and oxygen atoms in total. The van der Waals surface area contributed by atoms with Gasteiger partial charge in [-0.25, -0.2) is 13.2 Å². The molecule has 2 rings (SSSR count). The molecule has 0 aliphatic rings. The van der Waals surface area contributed by atoms with Crippen LogP contribution >= 0.6 is 0 Å². The number of aryl methyl sites for hydroxylation is 1. The second-order valence-electron chi connectivity index (χ2n) is 5.58. The molecule has 0 bridgehead atoms. The van der Waals surface area contributed by atoms with Crippen molar-refractivity contribution in [1.29, 1.82) is 0 Å². The van der Waals surface area contributed by atoms with Gasteiger partial charge in [0.25, 0.3) is 0 Å². The van der Waals surface area contributed by atoms with Gasteiger partial charge in [-0.1, -0.05) is 36.1 Å². The highest BCUT2D eigenvalue weighted by Crippen LogP contribution is 2.36. The van der Waals surface area contributed by atoms with Gasteiger partial charge in [-0.05, 0) is 43.2 Å². The van der Waals surface area contributed by atoms with Gasteiger partial charge in [0.05, 0.1) is 0 Å². The molecular formula is C22H13F5O. The Morgan fingerprint density at radius 2 is 1.61 bits per heavy atom. The van der Waals surface area contributed by atoms with Crippen LogP contribution in [0.25, 0.3) is 0 Å². The molecule has 0 aliphatic heterocycles. The molecule has 0 amide bonds. The molecule has 0 heterocycles. The van der Waals surface area contributed by atoms with Gasteiger partial charge in [-0.2, -0.15) is 8.78 Å². The van der Waals surface area contributed by atoms with Crippen LogP contribution in [0.5, 0.6) is 0 Å². The number of allylic oxidation sites excluding steroid dienone is 3. The molecule has 2 aromatic rings. The molecule has 6 heteroatoms. The van der Waals surface area contributed by atoms with Crippen molar-refractivity contribution in [2.45, 2.75) is 13.0 Å². The van der Waals surface area contributed by atoms with Crippen LogP contribution in [0.4, 0.5) is 22.0 Å². The topological polar surface area (TPSA) is 9.23 Å². The van der Waals surface area contributed by atoms with Crippen molar-refractivity contribution in [1.82, 2.24) is 0 Å². The summed E-state index contributed by atoms with van der Waals surface area (Å²) in [7, 11) is 0. The van der Waals surface area contributed by atoms with E-state index >= 15 is 0 Å². The standard InChI is InChI=1S/C22H13F5O/c1-4-17(23)20(5-2)28-22(26,27)21-18(24)12-16(13-19(21)25)11-10-15-8-6-14(3)7-9-15/h2,4,6-9,12-13H,1H2,3H3/b20-17+. The molecule has 0 saturated heterocycles. The Kier molecular flexibility index (Phi) is 6.28. The molecule has 142 valence electrons. The lowest BCUT2D eigenvalue weighted by molar-refractivity contribution is -0.225. The van der Waals surface area contributed by atoms with Crippen LogP contribution in [0.1, 0.15) is 22.3 Å². The lowest BCUT2D eigenvalue weighted by atomic mass is 10.1. The van der Waals surface area contributed by atoms with Crippen LogP contribution in [0.2, 0.25) is 0 Å². The van der Waals surface area contributed by atoms with Gasteiger partial charge >= 0.3 is 6.11 Å². The van der Waals surface area contributed by atoms with Gasteiger partial charge in [0.1, 0.15) is 17.2 Å². The van der Waals surface area contributed by atoms with Gasteiger partial charge in [0.15, 0.2) is 5.83 Å². The van der Waals surface area contributed by atoms with Crippen LogP contribution < -0.4 is 0 Å². The highest BCUT2D eigenvalue weighted by Gasteiger charge is 2.42. The molecule has 2 aromatic carbocycles. The number of hydrogen-bond donors (Lipinski definition) is 0. The molecular weight excluding hydrogens is 375 g/mol. The minimum atomic E-state index is -4.56. The maximum atomic E-state index is 14.2. The Morgan fingerprint density at radius 1 is 1.07 bits per heavy atom. The number of hydrogen-bond acceptors (Lipinski definition) is 1. The zero-order valence-electron chi connectivity index (χ0n) is 14.6. The highest BCUT2D eigenvalue weighted by molar-refractivity contribution is 5.45. The molecule has 0 radical (unpaired) electrons. The molecule has 0 N–H and O–H groups in total. The van der Waals surface area contributed by atoms with E-state index < -0.39 is 34.9 Å². The van der Waals surface area contributed by atoms with Crippen LogP contribution in [-0.2, 0) is 10.8 Å². The zero-order valence-corrected chi connectivity index (χ0v) is 14.6. The Balaban J connectivity index is 2.40. The first-order chi connectivity index (χ1) is 13.2. The largest absolute Gasteiger partial charge is 0.433 e. The Morgan fingerprint density at radius 3 is 2.11 bits per heavy atom. The van der Waals surface area contributed by atoms with Crippen LogP contribution in [0.3, 0.4) is 0 Å². The fourth-order valence-corrected chi connectivity index (χ4v) is 2.12. The molecule has 0 spiro atoms. The summed E-state index contributed by atoms with van der Waals surface area (Å²) in [5.41, 5.74) is -0.298. The van der Waals surface area contributed by atoms with Crippen LogP contribution in [-0.4, -0.2) is 0 Å². The number of benzene rings is 2. The van der Waals surface area contributed by atoms with Crippen molar-refractivity contribution in [2.24, 2.45) is 0 Å². The van der Waals surface area contributed by atoms with Crippen molar-refractivity contribution in [3.8, 4) is 24.2 Å². The molecule has 0 atom stereocenters. The summed E-state index contributed by atoms with van der Waals surface area (Å²) in [5.74, 6) is 0.853. The van der Waals surface area contributed by atoms with Crippen molar-refractivity contribution in [2.75, 3.05) is 0 Å². The smallest absolute Gasteiger partial charge is 0.417 e. The molecule has 0 aliphatic carbocycles. The monoisotopic (exact) mass is 388 g/mol. The SMILES string of the molecule is C#C/C(OC(F)(F)c1c(F)cc(C#Cc2ccc(C)cc2)cc1F)=C(\F)C=C. The first kappa shape index (κ1) is 20.8. The van der Waals surface area contributed by atoms with Crippen molar-refractivity contribution >= 4 is 0 Å². The lowest BCUT2D eigenvalue weighted by Crippen LogP contribution is -2.22. The summed E-state index contributed by atoms with van der Waals surface area (Å²) in [6.45, 7) is 4.89. The van der Waals surface area contributed by atoms with E-state index in [9.17, 15) is 22.0 Å². The van der Waals surface area contributed by atoms with E-state index in [4.69, 9.17) is 6.42 Å². The molecule has 28 heavy (non-hydrogen) atoms. The van der Waals surface area contributed by atoms with E-state index in [1.165, 1.54) is 5.92 Å². The summed E-state index contributed by atoms with van der Waals surface area (Å²) in [5, 5.41) is 0. The van der Waals surface area contributed by atoms with Crippen molar-refractivity contribution in [3.63, 3.8) is 0 Å². The second-order valence-corrected chi connectivity index (χ2v) is 5.58. The normalized spacial score (nSPS) is 11.6. The first-order valence-electron chi connectivity index (χ1n) is 7.81. The van der Waals surface area contributed by atoms with Gasteiger partial charge in [0, 0.05) is 11.1 Å². The van der Waals surface area contributed by atoms with E-state index in [1.807, 2.05) is 6.92 Å². The number of halogens is 5. The highest BCUT2D eigenvalue weighted by atomic mass is 19.3. The third kappa shape index (κ3) is 4.81. The van der Waals surface area contributed by atoms with E-state index in [-0.39, 0.29) is 5.56 Å². The molecule has 0 unspecified atom stereocenters. The van der Waals surface area contributed by atoms with Crippen LogP contribution in [0, 0.1) is 42.7 Å². The summed E-state index contributed by atoms with van der Waals surface area (Å²) in [6.07, 6.45) is 0.852. The number of terminal acetylenes is 1. The summed E-state index contributed by atoms with van der Waals surface area (Å²) < 4.78 is 74.0. The molecule has 0 fully saturated rings. The minimum absolute atomic E-state index is 0.167. The number of rotatable bonds is 4. The van der Waals surface area contributed by atoms with E-state index in [1.54, 1.807) is 24.3 Å². The Hall–Kier alpha value is -3.51. The first-order valence-corrected chi connectivity index (χ1v) is 7.81. The van der Waals surface area contributed by atoms with E-state index in [0.717, 1.165) is 5.56 Å². The third-order valence-electron chi connectivity index (χ3n) is 3.49. The Labute approximate surface area is 159 Å². The quantitative estimate of drug-likeness (QED) is 0.281. The third-order valence-corrected chi connectivity index (χ3v) is 3.49. The zero-order chi connectivity index (χ0) is 20.9. The lowest BCUT2D eigenvalue weighted by Gasteiger charge is -2.19. The maximum Gasteiger partial charge on any atom is 0.433 e. The average molecular weight is 388 g/mol. The predicted molar refractivity (Wildman–Crippen MR) is 95.7 cm³/mol. The van der Waals surface area contributed by atoms with E-state index in [2.05, 4.69) is 23.2 Å². The molecule has 0 saturated carbocycles. The van der Waals surface area contributed by atoms with Crippen LogP contribution in [0.15, 0.2) is 60.6 Å². The molecule has 0 aromatic heterocycles. The van der Waals surface area contributed by atoms with Crippen molar-refractivity contribution in [3.05, 3.63) is 94.5 Å². The number of alkyl halides is 2. The fourth-order valence-electron chi connectivity index (χ4n) is 2.12. The summed E-state index contributed by atoms with van der Waals surface area (Å²) in [4.78, 5) is 0. The second kappa shape index (κ2) is 8.45. The minimum Gasteiger partial charge on any atom is -0.417 e. The van der Waals surface area contributed by atoms with Crippen molar-refractivity contribution < 1.29 is 26.7 Å². The summed E-state index contributed by atoms with van der Waals surface area (Å²) in [6, 6.07) is 8.25. The fraction of sp³-hybridized carbons (Fsp3) is 0.0909. The van der Waals surface area contributed by atoms with Gasteiger partial charge in [0.2, 0.25) is 5.76 Å². The Bertz CT molecular complexity index is 1010. The van der Waals surface area contributed by atoms with E-state index in [0.29, 0.717) is 23.8 Å². The van der Waals surface area contributed by atoms with Gasteiger partial charge in [-0.3, -0.25) is 0 Å². The average Bonchev–Trinajstić information content (AvgIpc) is 2.64. The predicted octanol–water partition coefficient (Wildman–Crippen LogP) is 5.74.